The van der Waals surface area contributed by atoms with Gasteiger partial charge in [0.2, 0.25) is 0 Å². The summed E-state index contributed by atoms with van der Waals surface area (Å²) >= 11 is 0. The Morgan fingerprint density at radius 2 is 2.00 bits per heavy atom. The Kier molecular flexibility index (Phi) is 2.12. The third kappa shape index (κ3) is 2.35. The van der Waals surface area contributed by atoms with Gasteiger partial charge in [-0.25, -0.2) is 0 Å². The highest BCUT2D eigenvalue weighted by Crippen LogP contribution is 2.25. The third-order valence-electron chi connectivity index (χ3n) is 1.89. The molecule has 9 heavy (non-hydrogen) atoms. The molecule has 0 amide bonds. The zero-order chi connectivity index (χ0) is 6.74. The minimum atomic E-state index is 0.441. The molecule has 54 valence electrons. The Balaban J connectivity index is 2.36. The fraction of sp³-hybridized carbons (Fsp3) is 1.00. The minimum Gasteiger partial charge on any atom is -0.381 e. The lowest BCUT2D eigenvalue weighted by molar-refractivity contribution is 0.0802. The molecule has 0 bridgehead atoms. The number of hydrogen-bond acceptors (Lipinski definition) is 1. The van der Waals surface area contributed by atoms with E-state index in [1.165, 1.54) is 19.3 Å². The van der Waals surface area contributed by atoms with Crippen molar-refractivity contribution in [2.75, 3.05) is 13.2 Å². The van der Waals surface area contributed by atoms with Crippen molar-refractivity contribution in [1.29, 1.82) is 0 Å². The van der Waals surface area contributed by atoms with Gasteiger partial charge in [0.15, 0.2) is 0 Å². The van der Waals surface area contributed by atoms with Crippen LogP contribution in [0.1, 0.15) is 33.1 Å². The van der Waals surface area contributed by atoms with Crippen LogP contribution in [0.15, 0.2) is 0 Å². The van der Waals surface area contributed by atoms with Crippen molar-refractivity contribution in [3.63, 3.8) is 0 Å². The molecule has 1 saturated heterocycles. The molecule has 0 atom stereocenters. The fourth-order valence-electron chi connectivity index (χ4n) is 1.23. The van der Waals surface area contributed by atoms with E-state index in [1.807, 2.05) is 0 Å². The zero-order valence-electron chi connectivity index (χ0n) is 6.44. The molecule has 1 fully saturated rings. The first kappa shape index (κ1) is 7.07. The van der Waals surface area contributed by atoms with Gasteiger partial charge in [0.1, 0.15) is 0 Å². The van der Waals surface area contributed by atoms with Crippen molar-refractivity contribution in [3.05, 3.63) is 0 Å². The SMILES string of the molecule is CC1(C)CCCCOC1. The summed E-state index contributed by atoms with van der Waals surface area (Å²) < 4.78 is 5.41. The van der Waals surface area contributed by atoms with E-state index in [0.29, 0.717) is 5.41 Å². The largest absolute Gasteiger partial charge is 0.381 e. The second-order valence-electron chi connectivity index (χ2n) is 3.67. The maximum atomic E-state index is 5.41. The summed E-state index contributed by atoms with van der Waals surface area (Å²) in [5.41, 5.74) is 0.441. The molecule has 1 nitrogen and oxygen atoms in total. The summed E-state index contributed by atoms with van der Waals surface area (Å²) in [4.78, 5) is 0. The molecule has 0 unspecified atom stereocenters. The van der Waals surface area contributed by atoms with Gasteiger partial charge in [0.05, 0.1) is 6.61 Å². The van der Waals surface area contributed by atoms with Gasteiger partial charge < -0.3 is 4.74 Å². The molecule has 0 aliphatic carbocycles. The number of ether oxygens (including phenoxy) is 1. The minimum absolute atomic E-state index is 0.441. The van der Waals surface area contributed by atoms with Crippen LogP contribution in [0.2, 0.25) is 0 Å². The van der Waals surface area contributed by atoms with E-state index in [4.69, 9.17) is 4.74 Å². The van der Waals surface area contributed by atoms with E-state index in [0.717, 1.165) is 13.2 Å². The lowest BCUT2D eigenvalue weighted by atomic mass is 9.89. The molecule has 1 rings (SSSR count). The van der Waals surface area contributed by atoms with E-state index in [-0.39, 0.29) is 0 Å². The van der Waals surface area contributed by atoms with E-state index in [9.17, 15) is 0 Å². The van der Waals surface area contributed by atoms with Crippen molar-refractivity contribution in [2.24, 2.45) is 5.41 Å². The molecule has 1 heteroatoms. The Bertz CT molecular complexity index is 76.6. The van der Waals surface area contributed by atoms with Crippen molar-refractivity contribution in [1.82, 2.24) is 0 Å². The molecule has 1 heterocycles. The Labute approximate surface area is 57.4 Å². The van der Waals surface area contributed by atoms with Gasteiger partial charge in [0.25, 0.3) is 0 Å². The van der Waals surface area contributed by atoms with Crippen molar-refractivity contribution in [3.8, 4) is 0 Å². The van der Waals surface area contributed by atoms with Crippen LogP contribution >= 0.6 is 0 Å². The Morgan fingerprint density at radius 3 is 2.78 bits per heavy atom. The average molecular weight is 128 g/mol. The molecule has 0 aromatic heterocycles. The topological polar surface area (TPSA) is 9.23 Å². The monoisotopic (exact) mass is 128 g/mol. The summed E-state index contributed by atoms with van der Waals surface area (Å²) in [5.74, 6) is 0. The van der Waals surface area contributed by atoms with Crippen LogP contribution in [0, 0.1) is 5.41 Å². The molecule has 0 aromatic carbocycles. The number of hydrogen-bond donors (Lipinski definition) is 0. The van der Waals surface area contributed by atoms with Crippen LogP contribution in [0.4, 0.5) is 0 Å². The molecule has 1 aliphatic rings. The average Bonchev–Trinajstić information content (AvgIpc) is 1.92. The molecule has 1 aliphatic heterocycles. The van der Waals surface area contributed by atoms with Crippen molar-refractivity contribution < 1.29 is 4.74 Å². The second-order valence-corrected chi connectivity index (χ2v) is 3.67. The molecular formula is C8H16O. The number of rotatable bonds is 0. The van der Waals surface area contributed by atoms with Crippen LogP contribution < -0.4 is 0 Å². The summed E-state index contributed by atoms with van der Waals surface area (Å²) in [5, 5.41) is 0. The van der Waals surface area contributed by atoms with Gasteiger partial charge in [-0.1, -0.05) is 20.3 Å². The first-order valence-electron chi connectivity index (χ1n) is 3.78. The van der Waals surface area contributed by atoms with Gasteiger partial charge in [-0.3, -0.25) is 0 Å². The standard InChI is InChI=1S/C8H16O/c1-8(2)5-3-4-6-9-7-8/h3-7H2,1-2H3. The third-order valence-corrected chi connectivity index (χ3v) is 1.89. The van der Waals surface area contributed by atoms with Crippen LogP contribution in [0.5, 0.6) is 0 Å². The summed E-state index contributed by atoms with van der Waals surface area (Å²) in [6.07, 6.45) is 3.92. The van der Waals surface area contributed by atoms with E-state index < -0.39 is 0 Å². The van der Waals surface area contributed by atoms with Crippen LogP contribution in [0.25, 0.3) is 0 Å². The Morgan fingerprint density at radius 1 is 1.22 bits per heavy atom. The highest BCUT2D eigenvalue weighted by Gasteiger charge is 2.19. The lowest BCUT2D eigenvalue weighted by Gasteiger charge is -2.20. The van der Waals surface area contributed by atoms with Crippen molar-refractivity contribution in [2.45, 2.75) is 33.1 Å². The zero-order valence-corrected chi connectivity index (χ0v) is 6.44. The van der Waals surface area contributed by atoms with Crippen molar-refractivity contribution >= 4 is 0 Å². The first-order valence-corrected chi connectivity index (χ1v) is 3.78. The highest BCUT2D eigenvalue weighted by atomic mass is 16.5. The van der Waals surface area contributed by atoms with E-state index in [1.54, 1.807) is 0 Å². The van der Waals surface area contributed by atoms with Crippen LogP contribution in [0.3, 0.4) is 0 Å². The van der Waals surface area contributed by atoms with E-state index in [2.05, 4.69) is 13.8 Å². The van der Waals surface area contributed by atoms with Crippen LogP contribution in [-0.2, 0) is 4.74 Å². The summed E-state index contributed by atoms with van der Waals surface area (Å²) in [7, 11) is 0. The van der Waals surface area contributed by atoms with Gasteiger partial charge in [0, 0.05) is 6.61 Å². The molecule has 0 spiro atoms. The predicted molar refractivity (Wildman–Crippen MR) is 38.5 cm³/mol. The molecule has 0 saturated carbocycles. The summed E-state index contributed by atoms with van der Waals surface area (Å²) in [6, 6.07) is 0. The van der Waals surface area contributed by atoms with Crippen LogP contribution in [-0.4, -0.2) is 13.2 Å². The lowest BCUT2D eigenvalue weighted by Crippen LogP contribution is -2.16. The van der Waals surface area contributed by atoms with Gasteiger partial charge in [-0.05, 0) is 18.3 Å². The molecule has 0 radical (unpaired) electrons. The Hall–Kier alpha value is -0.0400. The quantitative estimate of drug-likeness (QED) is 0.486. The predicted octanol–water partition coefficient (Wildman–Crippen LogP) is 2.21. The molecule has 0 N–H and O–H groups in total. The summed E-state index contributed by atoms with van der Waals surface area (Å²) in [6.45, 7) is 6.48. The van der Waals surface area contributed by atoms with E-state index >= 15 is 0 Å². The fourth-order valence-corrected chi connectivity index (χ4v) is 1.23. The first-order chi connectivity index (χ1) is 4.21. The van der Waals surface area contributed by atoms with Gasteiger partial charge in [-0.15, -0.1) is 0 Å². The maximum absolute atomic E-state index is 5.41. The highest BCUT2D eigenvalue weighted by molar-refractivity contribution is 4.69. The molecule has 0 aromatic rings. The van der Waals surface area contributed by atoms with Gasteiger partial charge >= 0.3 is 0 Å². The molecular weight excluding hydrogens is 112 g/mol. The van der Waals surface area contributed by atoms with Gasteiger partial charge in [-0.2, -0.15) is 0 Å². The maximum Gasteiger partial charge on any atom is 0.0517 e. The second kappa shape index (κ2) is 2.70. The normalized spacial score (nSPS) is 27.3. The smallest absolute Gasteiger partial charge is 0.0517 e.